The van der Waals surface area contributed by atoms with E-state index >= 15 is 0 Å². The maximum atomic E-state index is 12.3. The molecule has 0 bridgehead atoms. The van der Waals surface area contributed by atoms with Crippen molar-refractivity contribution in [2.75, 3.05) is 13.2 Å². The van der Waals surface area contributed by atoms with Crippen LogP contribution in [-0.2, 0) is 14.6 Å². The average Bonchev–Trinajstić information content (AvgIpc) is 3.01. The van der Waals surface area contributed by atoms with Gasteiger partial charge in [-0.05, 0) is 32.1 Å². The molecule has 2 aliphatic rings. The SMILES string of the molecule is CCCCOCC1(S(=O)(=O)C2CC(O)C2)CC1. The van der Waals surface area contributed by atoms with Crippen molar-refractivity contribution in [1.82, 2.24) is 0 Å². The van der Waals surface area contributed by atoms with Crippen LogP contribution < -0.4 is 0 Å². The monoisotopic (exact) mass is 262 g/mol. The van der Waals surface area contributed by atoms with Crippen LogP contribution in [-0.4, -0.2) is 42.8 Å². The summed E-state index contributed by atoms with van der Waals surface area (Å²) in [4.78, 5) is 0. The standard InChI is InChI=1S/C12H22O4S/c1-2-3-6-16-9-12(4-5-12)17(14,15)11-7-10(13)8-11/h10-11,13H,2-9H2,1H3. The highest BCUT2D eigenvalue weighted by molar-refractivity contribution is 7.93. The normalized spacial score (nSPS) is 30.9. The summed E-state index contributed by atoms with van der Waals surface area (Å²) in [6.07, 6.45) is 3.93. The first kappa shape index (κ1) is 13.3. The Balaban J connectivity index is 1.87. The molecule has 0 amide bonds. The molecule has 2 rings (SSSR count). The van der Waals surface area contributed by atoms with Crippen LogP contribution in [0.3, 0.4) is 0 Å². The third kappa shape index (κ3) is 2.51. The molecule has 2 fully saturated rings. The first-order chi connectivity index (χ1) is 8.02. The summed E-state index contributed by atoms with van der Waals surface area (Å²) < 4.78 is 29.5. The topological polar surface area (TPSA) is 63.6 Å². The second kappa shape index (κ2) is 4.86. The van der Waals surface area contributed by atoms with Gasteiger partial charge in [-0.25, -0.2) is 8.42 Å². The van der Waals surface area contributed by atoms with E-state index in [1.165, 1.54) is 0 Å². The van der Waals surface area contributed by atoms with Crippen LogP contribution in [0.25, 0.3) is 0 Å². The summed E-state index contributed by atoms with van der Waals surface area (Å²) in [5.74, 6) is 0. The molecule has 0 unspecified atom stereocenters. The van der Waals surface area contributed by atoms with E-state index in [0.717, 1.165) is 25.7 Å². The van der Waals surface area contributed by atoms with Gasteiger partial charge in [0.15, 0.2) is 9.84 Å². The lowest BCUT2D eigenvalue weighted by atomic mass is 9.96. The number of hydrogen-bond acceptors (Lipinski definition) is 4. The molecule has 0 atom stereocenters. The fourth-order valence-electron chi connectivity index (χ4n) is 2.30. The minimum Gasteiger partial charge on any atom is -0.393 e. The third-order valence-electron chi connectivity index (χ3n) is 3.93. The Hall–Kier alpha value is -0.130. The van der Waals surface area contributed by atoms with Crippen LogP contribution in [0.4, 0.5) is 0 Å². The number of ether oxygens (including phenoxy) is 1. The van der Waals surface area contributed by atoms with Gasteiger partial charge in [-0.1, -0.05) is 13.3 Å². The third-order valence-corrected chi connectivity index (χ3v) is 6.92. The van der Waals surface area contributed by atoms with E-state index < -0.39 is 20.7 Å². The number of sulfone groups is 1. The summed E-state index contributed by atoms with van der Waals surface area (Å²) in [7, 11) is -3.10. The average molecular weight is 262 g/mol. The first-order valence-electron chi connectivity index (χ1n) is 6.51. The van der Waals surface area contributed by atoms with Crippen molar-refractivity contribution >= 4 is 9.84 Å². The molecule has 2 aliphatic carbocycles. The number of aliphatic hydroxyl groups is 1. The van der Waals surface area contributed by atoms with Gasteiger partial charge >= 0.3 is 0 Å². The van der Waals surface area contributed by atoms with E-state index in [1.54, 1.807) is 0 Å². The molecule has 0 spiro atoms. The fraction of sp³-hybridized carbons (Fsp3) is 1.00. The smallest absolute Gasteiger partial charge is 0.161 e. The maximum absolute atomic E-state index is 12.3. The Morgan fingerprint density at radius 3 is 2.47 bits per heavy atom. The second-order valence-electron chi connectivity index (χ2n) is 5.38. The Morgan fingerprint density at radius 1 is 1.35 bits per heavy atom. The Labute approximate surface area is 103 Å². The van der Waals surface area contributed by atoms with E-state index in [4.69, 9.17) is 4.74 Å². The van der Waals surface area contributed by atoms with Crippen molar-refractivity contribution in [3.8, 4) is 0 Å². The molecule has 2 saturated carbocycles. The molecule has 1 N–H and O–H groups in total. The lowest BCUT2D eigenvalue weighted by molar-refractivity contribution is 0.0949. The molecule has 0 heterocycles. The van der Waals surface area contributed by atoms with Gasteiger partial charge in [0.1, 0.15) is 0 Å². The minimum atomic E-state index is -3.10. The van der Waals surface area contributed by atoms with E-state index in [0.29, 0.717) is 26.1 Å². The highest BCUT2D eigenvalue weighted by atomic mass is 32.2. The fourth-order valence-corrected chi connectivity index (χ4v) is 4.88. The lowest BCUT2D eigenvalue weighted by Crippen LogP contribution is -2.46. The van der Waals surface area contributed by atoms with Gasteiger partial charge in [0.05, 0.1) is 22.7 Å². The number of hydrogen-bond donors (Lipinski definition) is 1. The van der Waals surface area contributed by atoms with Crippen molar-refractivity contribution in [1.29, 1.82) is 0 Å². The van der Waals surface area contributed by atoms with Gasteiger partial charge in [0.25, 0.3) is 0 Å². The van der Waals surface area contributed by atoms with Crippen LogP contribution in [0.1, 0.15) is 45.4 Å². The Kier molecular flexibility index (Phi) is 3.80. The number of rotatable bonds is 7. The van der Waals surface area contributed by atoms with E-state index in [1.807, 2.05) is 0 Å². The second-order valence-corrected chi connectivity index (χ2v) is 8.00. The van der Waals surface area contributed by atoms with Crippen molar-refractivity contribution in [3.63, 3.8) is 0 Å². The van der Waals surface area contributed by atoms with Crippen molar-refractivity contribution in [3.05, 3.63) is 0 Å². The molecule has 17 heavy (non-hydrogen) atoms. The summed E-state index contributed by atoms with van der Waals surface area (Å²) in [5, 5.41) is 8.89. The summed E-state index contributed by atoms with van der Waals surface area (Å²) in [6, 6.07) is 0. The molecule has 0 aliphatic heterocycles. The molecule has 0 aromatic heterocycles. The van der Waals surface area contributed by atoms with Crippen molar-refractivity contribution in [2.45, 2.75) is 61.5 Å². The quantitative estimate of drug-likeness (QED) is 0.702. The van der Waals surface area contributed by atoms with Gasteiger partial charge in [-0.15, -0.1) is 0 Å². The summed E-state index contributed by atoms with van der Waals surface area (Å²) >= 11 is 0. The molecule has 100 valence electrons. The molecule has 4 nitrogen and oxygen atoms in total. The molecular formula is C12H22O4S. The zero-order chi connectivity index (χ0) is 12.5. The predicted octanol–water partition coefficient (Wildman–Crippen LogP) is 1.27. The lowest BCUT2D eigenvalue weighted by Gasteiger charge is -2.34. The molecule has 0 aromatic carbocycles. The summed E-state index contributed by atoms with van der Waals surface area (Å²) in [5.41, 5.74) is 0. The highest BCUT2D eigenvalue weighted by Gasteiger charge is 2.59. The van der Waals surface area contributed by atoms with Crippen LogP contribution in [0, 0.1) is 0 Å². The van der Waals surface area contributed by atoms with E-state index in [2.05, 4.69) is 6.92 Å². The zero-order valence-electron chi connectivity index (χ0n) is 10.4. The minimum absolute atomic E-state index is 0.324. The van der Waals surface area contributed by atoms with Crippen molar-refractivity contribution in [2.24, 2.45) is 0 Å². The number of unbranched alkanes of at least 4 members (excludes halogenated alkanes) is 1. The van der Waals surface area contributed by atoms with Crippen LogP contribution in [0.5, 0.6) is 0 Å². The molecule has 0 aromatic rings. The van der Waals surface area contributed by atoms with E-state index in [-0.39, 0.29) is 5.25 Å². The molecular weight excluding hydrogens is 240 g/mol. The predicted molar refractivity (Wildman–Crippen MR) is 65.6 cm³/mol. The Morgan fingerprint density at radius 2 is 2.00 bits per heavy atom. The molecule has 0 saturated heterocycles. The summed E-state index contributed by atoms with van der Waals surface area (Å²) in [6.45, 7) is 3.09. The Bertz CT molecular complexity index is 353. The van der Waals surface area contributed by atoms with Gasteiger partial charge < -0.3 is 9.84 Å². The van der Waals surface area contributed by atoms with E-state index in [9.17, 15) is 13.5 Å². The van der Waals surface area contributed by atoms with Gasteiger partial charge in [0.2, 0.25) is 0 Å². The highest BCUT2D eigenvalue weighted by Crippen LogP contribution is 2.49. The maximum Gasteiger partial charge on any atom is 0.161 e. The largest absolute Gasteiger partial charge is 0.393 e. The first-order valence-corrected chi connectivity index (χ1v) is 8.06. The molecule has 5 heteroatoms. The van der Waals surface area contributed by atoms with Crippen LogP contribution in [0.2, 0.25) is 0 Å². The van der Waals surface area contributed by atoms with Crippen molar-refractivity contribution < 1.29 is 18.3 Å². The van der Waals surface area contributed by atoms with Gasteiger partial charge in [-0.2, -0.15) is 0 Å². The van der Waals surface area contributed by atoms with Crippen LogP contribution >= 0.6 is 0 Å². The van der Waals surface area contributed by atoms with Crippen LogP contribution in [0.15, 0.2) is 0 Å². The zero-order valence-corrected chi connectivity index (χ0v) is 11.2. The van der Waals surface area contributed by atoms with Gasteiger partial charge in [-0.3, -0.25) is 0 Å². The van der Waals surface area contributed by atoms with Gasteiger partial charge in [0, 0.05) is 6.61 Å². The molecule has 0 radical (unpaired) electrons. The number of aliphatic hydroxyl groups excluding tert-OH is 1.